The lowest BCUT2D eigenvalue weighted by atomic mass is 10.1. The first-order chi connectivity index (χ1) is 16.3. The van der Waals surface area contributed by atoms with Crippen LogP contribution in [-0.4, -0.2) is 34.0 Å². The fourth-order valence-corrected chi connectivity index (χ4v) is 4.56. The van der Waals surface area contributed by atoms with Gasteiger partial charge in [0.25, 0.3) is 11.5 Å². The van der Waals surface area contributed by atoms with Gasteiger partial charge in [-0.1, -0.05) is 40.2 Å². The van der Waals surface area contributed by atoms with E-state index in [1.807, 2.05) is 69.3 Å². The van der Waals surface area contributed by atoms with Gasteiger partial charge in [-0.15, -0.1) is 0 Å². The molecule has 3 aromatic carbocycles. The predicted molar refractivity (Wildman–Crippen MR) is 138 cm³/mol. The molecule has 4 aromatic rings. The second-order valence-electron chi connectivity index (χ2n) is 8.08. The van der Waals surface area contributed by atoms with E-state index in [0.717, 1.165) is 10.0 Å². The summed E-state index contributed by atoms with van der Waals surface area (Å²) in [6.45, 7) is 6.22. The molecule has 0 saturated heterocycles. The highest BCUT2D eigenvalue weighted by Crippen LogP contribution is 2.29. The fourth-order valence-electron chi connectivity index (χ4n) is 4.16. The molecule has 0 saturated carbocycles. The molecular formula is C27H26BrN3O3. The van der Waals surface area contributed by atoms with E-state index in [0.29, 0.717) is 40.3 Å². The second kappa shape index (κ2) is 9.81. The lowest BCUT2D eigenvalue weighted by Crippen LogP contribution is -2.37. The maximum Gasteiger partial charge on any atom is 0.266 e. The highest BCUT2D eigenvalue weighted by molar-refractivity contribution is 9.10. The van der Waals surface area contributed by atoms with Gasteiger partial charge in [0, 0.05) is 16.6 Å². The minimum Gasteiger partial charge on any atom is -0.495 e. The van der Waals surface area contributed by atoms with E-state index in [-0.39, 0.29) is 11.5 Å². The minimum absolute atomic E-state index is 0.138. The van der Waals surface area contributed by atoms with Gasteiger partial charge in [-0.2, -0.15) is 0 Å². The Hall–Kier alpha value is -3.45. The number of para-hydroxylation sites is 1. The van der Waals surface area contributed by atoms with Crippen molar-refractivity contribution >= 4 is 32.7 Å². The number of aromatic nitrogens is 2. The van der Waals surface area contributed by atoms with Crippen LogP contribution < -0.4 is 10.3 Å². The zero-order chi connectivity index (χ0) is 24.4. The van der Waals surface area contributed by atoms with Crippen LogP contribution >= 0.6 is 15.9 Å². The Labute approximate surface area is 206 Å². The zero-order valence-corrected chi connectivity index (χ0v) is 21.2. The molecule has 1 amide bonds. The van der Waals surface area contributed by atoms with Gasteiger partial charge in [-0.3, -0.25) is 14.2 Å². The Morgan fingerprint density at radius 1 is 1.12 bits per heavy atom. The van der Waals surface area contributed by atoms with Gasteiger partial charge >= 0.3 is 0 Å². The monoisotopic (exact) mass is 519 g/mol. The number of carbonyl (C=O) groups is 1. The number of rotatable bonds is 6. The Bertz CT molecular complexity index is 1430. The predicted octanol–water partition coefficient (Wildman–Crippen LogP) is 5.69. The number of hydrogen-bond acceptors (Lipinski definition) is 4. The summed E-state index contributed by atoms with van der Waals surface area (Å²) in [6.07, 6.45) is 0. The van der Waals surface area contributed by atoms with E-state index in [1.54, 1.807) is 34.8 Å². The van der Waals surface area contributed by atoms with Gasteiger partial charge in [0.15, 0.2) is 0 Å². The summed E-state index contributed by atoms with van der Waals surface area (Å²) >= 11 is 3.44. The lowest BCUT2D eigenvalue weighted by Gasteiger charge is -2.30. The molecular weight excluding hydrogens is 494 g/mol. The molecule has 0 N–H and O–H groups in total. The quantitative estimate of drug-likeness (QED) is 0.328. The van der Waals surface area contributed by atoms with Crippen LogP contribution in [0.15, 0.2) is 76.0 Å². The van der Waals surface area contributed by atoms with Crippen LogP contribution in [0.25, 0.3) is 16.6 Å². The lowest BCUT2D eigenvalue weighted by molar-refractivity contribution is 0.0693. The Kier molecular flexibility index (Phi) is 6.84. The summed E-state index contributed by atoms with van der Waals surface area (Å²) in [5.41, 5.74) is 2.52. The smallest absolute Gasteiger partial charge is 0.266 e. The number of carbonyl (C=O) groups excluding carboxylic acids is 1. The van der Waals surface area contributed by atoms with Crippen LogP contribution in [0.5, 0.6) is 5.75 Å². The summed E-state index contributed by atoms with van der Waals surface area (Å²) in [7, 11) is 1.58. The molecule has 174 valence electrons. The highest BCUT2D eigenvalue weighted by Gasteiger charge is 2.27. The van der Waals surface area contributed by atoms with E-state index >= 15 is 0 Å². The van der Waals surface area contributed by atoms with Crippen LogP contribution in [0.2, 0.25) is 0 Å². The number of ether oxygens (including phenoxy) is 1. The molecule has 7 heteroatoms. The van der Waals surface area contributed by atoms with Gasteiger partial charge in [-0.25, -0.2) is 4.98 Å². The normalized spacial score (nSPS) is 11.9. The first-order valence-corrected chi connectivity index (χ1v) is 11.9. The van der Waals surface area contributed by atoms with Gasteiger partial charge < -0.3 is 9.64 Å². The van der Waals surface area contributed by atoms with Crippen molar-refractivity contribution in [2.75, 3.05) is 13.7 Å². The SMILES string of the molecule is CCN(C(=O)c1cccc(Br)c1)C(C)c1nc2ccccc2c(=O)n1-c1cc(C)ccc1OC. The number of amides is 1. The van der Waals surface area contributed by atoms with Crippen molar-refractivity contribution in [1.29, 1.82) is 0 Å². The topological polar surface area (TPSA) is 64.4 Å². The highest BCUT2D eigenvalue weighted by atomic mass is 79.9. The largest absolute Gasteiger partial charge is 0.495 e. The summed E-state index contributed by atoms with van der Waals surface area (Å²) < 4.78 is 8.01. The van der Waals surface area contributed by atoms with Crippen molar-refractivity contribution in [2.24, 2.45) is 0 Å². The Morgan fingerprint density at radius 3 is 2.59 bits per heavy atom. The molecule has 1 heterocycles. The summed E-state index contributed by atoms with van der Waals surface area (Å²) in [5, 5.41) is 0.503. The number of aryl methyl sites for hydroxylation is 1. The first kappa shape index (κ1) is 23.7. The minimum atomic E-state index is -0.487. The van der Waals surface area contributed by atoms with Crippen molar-refractivity contribution in [3.63, 3.8) is 0 Å². The number of nitrogens with zero attached hydrogens (tertiary/aromatic N) is 3. The van der Waals surface area contributed by atoms with Crippen molar-refractivity contribution in [1.82, 2.24) is 14.5 Å². The Balaban J connectivity index is 1.96. The second-order valence-corrected chi connectivity index (χ2v) is 9.00. The van der Waals surface area contributed by atoms with Crippen molar-refractivity contribution in [3.8, 4) is 11.4 Å². The average Bonchev–Trinajstić information content (AvgIpc) is 2.84. The van der Waals surface area contributed by atoms with Gasteiger partial charge in [0.2, 0.25) is 0 Å². The summed E-state index contributed by atoms with van der Waals surface area (Å²) in [5.74, 6) is 0.888. The molecule has 0 aliphatic heterocycles. The standard InChI is InChI=1S/C27H26BrN3O3/c1-5-30(26(32)19-9-8-10-20(28)16-19)18(3)25-29-22-12-7-6-11-21(22)27(33)31(25)23-15-17(2)13-14-24(23)34-4/h6-16,18H,5H2,1-4H3. The third kappa shape index (κ3) is 4.35. The van der Waals surface area contributed by atoms with E-state index in [1.165, 1.54) is 0 Å². The first-order valence-electron chi connectivity index (χ1n) is 11.1. The molecule has 0 aliphatic rings. The number of fused-ring (bicyclic) bond motifs is 1. The molecule has 34 heavy (non-hydrogen) atoms. The van der Waals surface area contributed by atoms with E-state index < -0.39 is 6.04 Å². The van der Waals surface area contributed by atoms with Crippen molar-refractivity contribution in [2.45, 2.75) is 26.8 Å². The van der Waals surface area contributed by atoms with Crippen LogP contribution in [0.3, 0.4) is 0 Å². The van der Waals surface area contributed by atoms with E-state index in [2.05, 4.69) is 15.9 Å². The van der Waals surface area contributed by atoms with Crippen LogP contribution in [-0.2, 0) is 0 Å². The Morgan fingerprint density at radius 2 is 1.88 bits per heavy atom. The zero-order valence-electron chi connectivity index (χ0n) is 19.6. The van der Waals surface area contributed by atoms with Crippen molar-refractivity contribution < 1.29 is 9.53 Å². The number of benzene rings is 3. The van der Waals surface area contributed by atoms with Gasteiger partial charge in [0.05, 0.1) is 29.7 Å². The molecule has 0 fully saturated rings. The molecule has 0 bridgehead atoms. The summed E-state index contributed by atoms with van der Waals surface area (Å²) in [6, 6.07) is 19.7. The third-order valence-electron chi connectivity index (χ3n) is 5.89. The van der Waals surface area contributed by atoms with Gasteiger partial charge in [-0.05, 0) is 68.8 Å². The molecule has 6 nitrogen and oxygen atoms in total. The van der Waals surface area contributed by atoms with Gasteiger partial charge in [0.1, 0.15) is 11.6 Å². The van der Waals surface area contributed by atoms with Crippen LogP contribution in [0.4, 0.5) is 0 Å². The van der Waals surface area contributed by atoms with E-state index in [4.69, 9.17) is 9.72 Å². The molecule has 4 rings (SSSR count). The maximum absolute atomic E-state index is 13.8. The maximum atomic E-state index is 13.8. The van der Waals surface area contributed by atoms with Crippen molar-refractivity contribution in [3.05, 3.63) is 98.5 Å². The molecule has 0 radical (unpaired) electrons. The average molecular weight is 520 g/mol. The third-order valence-corrected chi connectivity index (χ3v) is 6.38. The number of halogens is 1. The van der Waals surface area contributed by atoms with E-state index in [9.17, 15) is 9.59 Å². The number of hydrogen-bond donors (Lipinski definition) is 0. The number of methoxy groups -OCH3 is 1. The molecule has 1 atom stereocenters. The fraction of sp³-hybridized carbons (Fsp3) is 0.222. The summed E-state index contributed by atoms with van der Waals surface area (Å²) in [4.78, 5) is 33.9. The molecule has 1 aromatic heterocycles. The molecule has 1 unspecified atom stereocenters. The van der Waals surface area contributed by atoms with Crippen LogP contribution in [0, 0.1) is 6.92 Å². The molecule has 0 spiro atoms. The van der Waals surface area contributed by atoms with Crippen LogP contribution in [0.1, 0.15) is 41.6 Å². The molecule has 0 aliphatic carbocycles.